The summed E-state index contributed by atoms with van der Waals surface area (Å²) in [6.45, 7) is 1.91. The van der Waals surface area contributed by atoms with Gasteiger partial charge in [0.05, 0.1) is 5.58 Å². The molecule has 3 aromatic heterocycles. The Balaban J connectivity index is 0.000000176. The molecule has 0 saturated heterocycles. The molecule has 3 nitrogen and oxygen atoms in total. The van der Waals surface area contributed by atoms with Gasteiger partial charge in [-0.25, -0.2) is 0 Å². The smallest absolute Gasteiger partial charge is 0.120 e. The van der Waals surface area contributed by atoms with Gasteiger partial charge in [0.25, 0.3) is 0 Å². The number of benzene rings is 5. The molecule has 0 aliphatic carbocycles. The average Bonchev–Trinajstić information content (AvgIpc) is 3.52. The minimum atomic E-state index is -0.874. The number of para-hydroxylation sites is 1. The van der Waals surface area contributed by atoms with E-state index >= 15 is 0 Å². The van der Waals surface area contributed by atoms with Crippen LogP contribution in [0, 0.1) is 12.1 Å². The first kappa shape index (κ1) is 29.6. The van der Waals surface area contributed by atoms with E-state index in [4.69, 9.17) is 5.79 Å². The van der Waals surface area contributed by atoms with Crippen molar-refractivity contribution in [2.24, 2.45) is 0 Å². The van der Waals surface area contributed by atoms with Crippen molar-refractivity contribution in [2.75, 3.05) is 0 Å². The molecule has 1 atom stereocenters. The van der Waals surface area contributed by atoms with Crippen LogP contribution in [0.1, 0.15) is 25.3 Å². The molecule has 5 aromatic carbocycles. The number of fused-ring (bicyclic) bond motifs is 3. The van der Waals surface area contributed by atoms with Gasteiger partial charge in [0.2, 0.25) is 0 Å². The van der Waals surface area contributed by atoms with Gasteiger partial charge < -0.3 is 14.4 Å². The van der Waals surface area contributed by atoms with E-state index in [9.17, 15) is 0 Å². The molecule has 1 radical (unpaired) electrons. The summed E-state index contributed by atoms with van der Waals surface area (Å²) in [5.41, 5.74) is 9.41. The third kappa shape index (κ3) is 6.60. The zero-order valence-corrected chi connectivity index (χ0v) is 27.5. The first-order valence-electron chi connectivity index (χ1n) is 15.4. The number of furan rings is 1. The number of nitrogens with zero attached hydrogens (tertiary/aromatic N) is 2. The van der Waals surface area contributed by atoms with Gasteiger partial charge in [-0.1, -0.05) is 115 Å². The first-order valence-corrected chi connectivity index (χ1v) is 14.9. The predicted octanol–water partition coefficient (Wildman–Crippen LogP) is 10.8. The van der Waals surface area contributed by atoms with Gasteiger partial charge in [0.15, 0.2) is 0 Å². The maximum absolute atomic E-state index is 8.96. The maximum atomic E-state index is 8.96. The summed E-state index contributed by atoms with van der Waals surface area (Å²) in [7, 11) is 0. The number of aromatic nitrogens is 2. The molecule has 0 bridgehead atoms. The Morgan fingerprint density at radius 3 is 2.13 bits per heavy atom. The molecule has 4 heteroatoms. The minimum Gasteiger partial charge on any atom is -0.501 e. The second kappa shape index (κ2) is 14.3. The molecule has 225 valence electrons. The van der Waals surface area contributed by atoms with E-state index in [2.05, 4.69) is 52.4 Å². The van der Waals surface area contributed by atoms with Crippen LogP contribution in [-0.4, -0.2) is 9.97 Å². The fourth-order valence-corrected chi connectivity index (χ4v) is 5.48. The van der Waals surface area contributed by atoms with E-state index in [1.54, 1.807) is 12.4 Å². The van der Waals surface area contributed by atoms with Crippen LogP contribution >= 0.6 is 0 Å². The van der Waals surface area contributed by atoms with E-state index in [1.165, 1.54) is 11.1 Å². The van der Waals surface area contributed by atoms with Gasteiger partial charge >= 0.3 is 0 Å². The fraction of sp³-hybridized carbons (Fsp3) is 0.0476. The van der Waals surface area contributed by atoms with Gasteiger partial charge in [-0.2, -0.15) is 0 Å². The number of hydrogen-bond donors (Lipinski definition) is 0. The first-order chi connectivity index (χ1) is 22.6. The van der Waals surface area contributed by atoms with Gasteiger partial charge in [-0.05, 0) is 46.3 Å². The quantitative estimate of drug-likeness (QED) is 0.164. The molecule has 3 heterocycles. The van der Waals surface area contributed by atoms with Crippen molar-refractivity contribution < 1.29 is 25.9 Å². The van der Waals surface area contributed by atoms with Crippen molar-refractivity contribution in [1.82, 2.24) is 9.97 Å². The summed E-state index contributed by atoms with van der Waals surface area (Å²) in [4.78, 5) is 8.92. The Kier molecular flexibility index (Phi) is 9.19. The number of rotatable bonds is 5. The van der Waals surface area contributed by atoms with Gasteiger partial charge in [0.1, 0.15) is 5.58 Å². The Hall–Kier alpha value is -5.15. The van der Waals surface area contributed by atoms with Crippen LogP contribution in [0.3, 0.4) is 0 Å². The Morgan fingerprint density at radius 2 is 1.33 bits per heavy atom. The van der Waals surface area contributed by atoms with Crippen molar-refractivity contribution >= 4 is 21.9 Å². The number of pyridine rings is 2. The van der Waals surface area contributed by atoms with Crippen molar-refractivity contribution in [1.29, 1.82) is 0 Å². The van der Waals surface area contributed by atoms with Gasteiger partial charge in [-0.15, -0.1) is 53.6 Å². The number of hydrogen-bond acceptors (Lipinski definition) is 3. The zero-order chi connectivity index (χ0) is 31.3. The molecule has 46 heavy (non-hydrogen) atoms. The Labute approximate surface area is 284 Å². The van der Waals surface area contributed by atoms with E-state index in [-0.39, 0.29) is 20.1 Å². The summed E-state index contributed by atoms with van der Waals surface area (Å²) >= 11 is 0. The second-order valence-corrected chi connectivity index (χ2v) is 10.7. The largest absolute Gasteiger partial charge is 0.501 e. The summed E-state index contributed by atoms with van der Waals surface area (Å²) in [6.07, 6.45) is 3.56. The van der Waals surface area contributed by atoms with E-state index in [0.717, 1.165) is 55.6 Å². The average molecular weight is 772 g/mol. The van der Waals surface area contributed by atoms with Crippen molar-refractivity contribution in [3.05, 3.63) is 181 Å². The van der Waals surface area contributed by atoms with Crippen LogP contribution in [0.2, 0.25) is 0 Å². The molecular formula is C42H30IrN2O-2. The fourth-order valence-electron chi connectivity index (χ4n) is 5.48. The molecule has 8 aromatic rings. The molecule has 1 unspecified atom stereocenters. The summed E-state index contributed by atoms with van der Waals surface area (Å²) in [5, 5.41) is 2.13. The van der Waals surface area contributed by atoms with Crippen LogP contribution in [-0.2, 0) is 20.1 Å². The van der Waals surface area contributed by atoms with Crippen molar-refractivity contribution in [3.63, 3.8) is 0 Å². The normalized spacial score (nSPS) is 12.3. The monoisotopic (exact) mass is 772 g/mol. The SMILES string of the molecule is [2H]C(C)(c1ccccc1)c1ccnc(-c2[c-]ccc3c2oc2ccccc23)c1.[Ir].[c-]1ccc(-c2ccccc2)cc1-c1ccccn1. The van der Waals surface area contributed by atoms with Crippen LogP contribution in [0.5, 0.6) is 0 Å². The molecule has 0 fully saturated rings. The van der Waals surface area contributed by atoms with E-state index < -0.39 is 5.89 Å². The second-order valence-electron chi connectivity index (χ2n) is 10.7. The summed E-state index contributed by atoms with van der Waals surface area (Å²) in [5.74, 6) is -0.874. The molecule has 0 N–H and O–H groups in total. The van der Waals surface area contributed by atoms with Gasteiger partial charge in [0, 0.05) is 45.1 Å². The molecule has 0 aliphatic rings. The Bertz CT molecular complexity index is 2180. The third-order valence-corrected chi connectivity index (χ3v) is 7.84. The van der Waals surface area contributed by atoms with Crippen molar-refractivity contribution in [2.45, 2.75) is 12.8 Å². The molecule has 8 rings (SSSR count). The molecule has 0 saturated carbocycles. The topological polar surface area (TPSA) is 38.9 Å². The molecule has 0 amide bonds. The summed E-state index contributed by atoms with van der Waals surface area (Å²) < 4.78 is 15.1. The summed E-state index contributed by atoms with van der Waals surface area (Å²) in [6, 6.07) is 54.6. The van der Waals surface area contributed by atoms with Crippen LogP contribution in [0.25, 0.3) is 55.6 Å². The molecule has 0 spiro atoms. The predicted molar refractivity (Wildman–Crippen MR) is 184 cm³/mol. The van der Waals surface area contributed by atoms with Gasteiger partial charge in [-0.3, -0.25) is 0 Å². The van der Waals surface area contributed by atoms with Crippen LogP contribution in [0.15, 0.2) is 162 Å². The maximum Gasteiger partial charge on any atom is 0.120 e. The zero-order valence-electron chi connectivity index (χ0n) is 26.1. The van der Waals surface area contributed by atoms with E-state index in [0.29, 0.717) is 0 Å². The van der Waals surface area contributed by atoms with E-state index in [1.807, 2.05) is 122 Å². The minimum absolute atomic E-state index is 0. The molecular weight excluding hydrogens is 741 g/mol. The third-order valence-electron chi connectivity index (χ3n) is 7.84. The standard InChI is InChI=1S/C25H18NO.C17H12N.Ir/c1-17(18-8-3-2-4-9-18)19-14-15-26-23(16-19)22-12-7-11-21-20-10-5-6-13-24(20)27-25(21)22;1-2-7-14(8-3-1)15-9-6-10-16(13-15)17-11-4-5-12-18-17;/h2-11,13-17H,1H3;1-9,11-13H;/q2*-1;/i17D;;. The van der Waals surface area contributed by atoms with Crippen molar-refractivity contribution in [3.8, 4) is 33.6 Å². The van der Waals surface area contributed by atoms with Crippen LogP contribution in [0.4, 0.5) is 0 Å². The molecule has 0 aliphatic heterocycles. The van der Waals surface area contributed by atoms with Crippen LogP contribution < -0.4 is 0 Å². The Morgan fingerprint density at radius 1 is 0.609 bits per heavy atom.